The third kappa shape index (κ3) is 1.09. The molecule has 0 aromatic rings. The zero-order chi connectivity index (χ0) is 9.10. The van der Waals surface area contributed by atoms with Gasteiger partial charge in [-0.2, -0.15) is 0 Å². The maximum absolute atomic E-state index is 9.30. The molecule has 0 heterocycles. The van der Waals surface area contributed by atoms with Crippen LogP contribution in [0.15, 0.2) is 0 Å². The van der Waals surface area contributed by atoms with Crippen LogP contribution in [0.3, 0.4) is 0 Å². The molecule has 13 heavy (non-hydrogen) atoms. The van der Waals surface area contributed by atoms with Crippen LogP contribution in [-0.4, -0.2) is 11.7 Å². The lowest BCUT2D eigenvalue weighted by molar-refractivity contribution is 0.128. The molecule has 0 bridgehead atoms. The molecule has 3 atom stereocenters. The topological polar surface area (TPSA) is 20.2 Å². The van der Waals surface area contributed by atoms with Gasteiger partial charge in [-0.3, -0.25) is 0 Å². The molecule has 3 saturated carbocycles. The zero-order valence-corrected chi connectivity index (χ0v) is 8.55. The van der Waals surface area contributed by atoms with Crippen molar-refractivity contribution >= 4 is 0 Å². The van der Waals surface area contributed by atoms with Crippen molar-refractivity contribution in [1.82, 2.24) is 0 Å². The molecule has 3 rings (SSSR count). The third-order valence-electron chi connectivity index (χ3n) is 5.26. The summed E-state index contributed by atoms with van der Waals surface area (Å²) in [5.41, 5.74) is 1.14. The van der Waals surface area contributed by atoms with Gasteiger partial charge in [0.05, 0.1) is 0 Å². The van der Waals surface area contributed by atoms with Gasteiger partial charge < -0.3 is 5.11 Å². The number of hydrogen-bond donors (Lipinski definition) is 1. The van der Waals surface area contributed by atoms with Crippen LogP contribution in [0.4, 0.5) is 0 Å². The summed E-state index contributed by atoms with van der Waals surface area (Å²) >= 11 is 0. The molecule has 74 valence electrons. The predicted molar refractivity (Wildman–Crippen MR) is 52.3 cm³/mol. The highest BCUT2D eigenvalue weighted by molar-refractivity contribution is 5.09. The van der Waals surface area contributed by atoms with Crippen molar-refractivity contribution in [3.8, 4) is 0 Å². The van der Waals surface area contributed by atoms with E-state index in [1.807, 2.05) is 0 Å². The molecule has 0 saturated heterocycles. The Balaban J connectivity index is 1.67. The van der Waals surface area contributed by atoms with Crippen LogP contribution in [0.1, 0.15) is 45.4 Å². The van der Waals surface area contributed by atoms with Crippen molar-refractivity contribution in [2.75, 3.05) is 6.61 Å². The Labute approximate surface area is 80.5 Å². The SMILES string of the molecule is CC1(C2CCC3(CO)CC3C2)CC1. The summed E-state index contributed by atoms with van der Waals surface area (Å²) in [6, 6.07) is 0. The summed E-state index contributed by atoms with van der Waals surface area (Å²) in [5, 5.41) is 9.30. The van der Waals surface area contributed by atoms with Crippen molar-refractivity contribution in [2.45, 2.75) is 45.4 Å². The molecule has 3 fully saturated rings. The Morgan fingerprint density at radius 1 is 1.23 bits per heavy atom. The zero-order valence-electron chi connectivity index (χ0n) is 8.55. The Bertz CT molecular complexity index is 231. The van der Waals surface area contributed by atoms with Crippen LogP contribution in [0, 0.1) is 22.7 Å². The fourth-order valence-corrected chi connectivity index (χ4v) is 3.51. The van der Waals surface area contributed by atoms with Gasteiger partial charge >= 0.3 is 0 Å². The Hall–Kier alpha value is -0.0400. The summed E-state index contributed by atoms with van der Waals surface area (Å²) in [6.45, 7) is 2.92. The number of aliphatic hydroxyl groups excluding tert-OH is 1. The van der Waals surface area contributed by atoms with Crippen LogP contribution in [0.2, 0.25) is 0 Å². The lowest BCUT2D eigenvalue weighted by atomic mass is 9.75. The largest absolute Gasteiger partial charge is 0.396 e. The number of rotatable bonds is 2. The fraction of sp³-hybridized carbons (Fsp3) is 1.00. The second-order valence-electron chi connectivity index (χ2n) is 6.05. The normalized spacial score (nSPS) is 51.2. The van der Waals surface area contributed by atoms with Crippen molar-refractivity contribution in [2.24, 2.45) is 22.7 Å². The minimum absolute atomic E-state index is 0.418. The van der Waals surface area contributed by atoms with E-state index >= 15 is 0 Å². The van der Waals surface area contributed by atoms with Crippen LogP contribution < -0.4 is 0 Å². The summed E-state index contributed by atoms with van der Waals surface area (Å²) in [6.07, 6.45) is 8.40. The maximum atomic E-state index is 9.30. The maximum Gasteiger partial charge on any atom is 0.0490 e. The number of aliphatic hydroxyl groups is 1. The van der Waals surface area contributed by atoms with Crippen molar-refractivity contribution in [3.63, 3.8) is 0 Å². The summed E-state index contributed by atoms with van der Waals surface area (Å²) in [7, 11) is 0. The first-order chi connectivity index (χ1) is 6.19. The molecule has 0 spiro atoms. The van der Waals surface area contributed by atoms with Gasteiger partial charge in [-0.25, -0.2) is 0 Å². The first-order valence-electron chi connectivity index (χ1n) is 5.79. The van der Waals surface area contributed by atoms with E-state index < -0.39 is 0 Å². The molecule has 0 radical (unpaired) electrons. The quantitative estimate of drug-likeness (QED) is 0.692. The number of fused-ring (bicyclic) bond motifs is 1. The molecule has 1 nitrogen and oxygen atoms in total. The van der Waals surface area contributed by atoms with E-state index in [9.17, 15) is 5.11 Å². The summed E-state index contributed by atoms with van der Waals surface area (Å²) in [5.74, 6) is 1.90. The Morgan fingerprint density at radius 3 is 2.54 bits per heavy atom. The highest BCUT2D eigenvalue weighted by atomic mass is 16.3. The lowest BCUT2D eigenvalue weighted by Gasteiger charge is -2.31. The van der Waals surface area contributed by atoms with Gasteiger partial charge in [0.25, 0.3) is 0 Å². The lowest BCUT2D eigenvalue weighted by Crippen LogP contribution is -2.24. The smallest absolute Gasteiger partial charge is 0.0490 e. The van der Waals surface area contributed by atoms with Crippen LogP contribution in [0.5, 0.6) is 0 Å². The first-order valence-corrected chi connectivity index (χ1v) is 5.79. The molecule has 3 unspecified atom stereocenters. The Morgan fingerprint density at radius 2 is 2.00 bits per heavy atom. The fourth-order valence-electron chi connectivity index (χ4n) is 3.51. The van der Waals surface area contributed by atoms with E-state index in [2.05, 4.69) is 6.92 Å². The predicted octanol–water partition coefficient (Wildman–Crippen LogP) is 2.59. The average molecular weight is 180 g/mol. The van der Waals surface area contributed by atoms with E-state index in [0.29, 0.717) is 12.0 Å². The van der Waals surface area contributed by atoms with Gasteiger partial charge in [-0.15, -0.1) is 0 Å². The molecule has 0 aromatic carbocycles. The summed E-state index contributed by atoms with van der Waals surface area (Å²) in [4.78, 5) is 0. The molecule has 3 aliphatic rings. The van der Waals surface area contributed by atoms with Gasteiger partial charge in [0.15, 0.2) is 0 Å². The monoisotopic (exact) mass is 180 g/mol. The average Bonchev–Trinajstić information content (AvgIpc) is 2.99. The van der Waals surface area contributed by atoms with E-state index in [0.717, 1.165) is 17.3 Å². The van der Waals surface area contributed by atoms with Crippen molar-refractivity contribution < 1.29 is 5.11 Å². The second kappa shape index (κ2) is 2.31. The summed E-state index contributed by atoms with van der Waals surface area (Å²) < 4.78 is 0. The number of hydrogen-bond acceptors (Lipinski definition) is 1. The van der Waals surface area contributed by atoms with Crippen molar-refractivity contribution in [3.05, 3.63) is 0 Å². The van der Waals surface area contributed by atoms with Crippen molar-refractivity contribution in [1.29, 1.82) is 0 Å². The van der Waals surface area contributed by atoms with Gasteiger partial charge in [0.1, 0.15) is 0 Å². The molecular formula is C12H20O. The van der Waals surface area contributed by atoms with Gasteiger partial charge in [0.2, 0.25) is 0 Å². The van der Waals surface area contributed by atoms with Gasteiger partial charge in [0, 0.05) is 6.61 Å². The van der Waals surface area contributed by atoms with Crippen LogP contribution in [-0.2, 0) is 0 Å². The van der Waals surface area contributed by atoms with Crippen LogP contribution in [0.25, 0.3) is 0 Å². The highest BCUT2D eigenvalue weighted by Gasteiger charge is 2.59. The van der Waals surface area contributed by atoms with Gasteiger partial charge in [-0.05, 0) is 61.2 Å². The third-order valence-corrected chi connectivity index (χ3v) is 5.26. The molecular weight excluding hydrogens is 160 g/mol. The first kappa shape index (κ1) is 8.28. The van der Waals surface area contributed by atoms with Crippen LogP contribution >= 0.6 is 0 Å². The molecule has 0 aliphatic heterocycles. The second-order valence-corrected chi connectivity index (χ2v) is 6.05. The van der Waals surface area contributed by atoms with E-state index in [4.69, 9.17) is 0 Å². The Kier molecular flexibility index (Phi) is 1.47. The molecule has 1 heteroatoms. The van der Waals surface area contributed by atoms with E-state index in [1.165, 1.54) is 38.5 Å². The molecule has 0 amide bonds. The molecule has 3 aliphatic carbocycles. The molecule has 1 N–H and O–H groups in total. The minimum Gasteiger partial charge on any atom is -0.396 e. The van der Waals surface area contributed by atoms with Gasteiger partial charge in [-0.1, -0.05) is 6.92 Å². The molecule has 0 aromatic heterocycles. The van der Waals surface area contributed by atoms with E-state index in [-0.39, 0.29) is 0 Å². The standard InChI is InChI=1S/C12H20O/c1-11(4-5-11)9-2-3-12(8-13)7-10(12)6-9/h9-10,13H,2-8H2,1H3. The minimum atomic E-state index is 0.418. The van der Waals surface area contributed by atoms with E-state index in [1.54, 1.807) is 0 Å². The highest BCUT2D eigenvalue weighted by Crippen LogP contribution is 2.67.